The topological polar surface area (TPSA) is 85.7 Å². The summed E-state index contributed by atoms with van der Waals surface area (Å²) in [6.07, 6.45) is 0. The molecule has 2 N–H and O–H groups in total. The first kappa shape index (κ1) is 25.6. The summed E-state index contributed by atoms with van der Waals surface area (Å²) in [6, 6.07) is 9.13. The highest BCUT2D eigenvalue weighted by atomic mass is 19.3. The van der Waals surface area contributed by atoms with Gasteiger partial charge in [-0.2, -0.15) is 8.78 Å². The molecule has 3 rings (SSSR count). The molecule has 34 heavy (non-hydrogen) atoms. The van der Waals surface area contributed by atoms with Gasteiger partial charge in [-0.15, -0.1) is 0 Å². The number of hydrogen-bond donors (Lipinski definition) is 2. The number of aliphatic hydroxyl groups is 1. The summed E-state index contributed by atoms with van der Waals surface area (Å²) in [5.74, 6) is -1.48. The van der Waals surface area contributed by atoms with E-state index in [1.165, 1.54) is 12.1 Å². The van der Waals surface area contributed by atoms with Gasteiger partial charge in [0.1, 0.15) is 23.9 Å². The Morgan fingerprint density at radius 2 is 1.76 bits per heavy atom. The van der Waals surface area contributed by atoms with Crippen molar-refractivity contribution >= 4 is 16.7 Å². The average molecular weight is 476 g/mol. The summed E-state index contributed by atoms with van der Waals surface area (Å²) in [5, 5.41) is 14.0. The summed E-state index contributed by atoms with van der Waals surface area (Å²) >= 11 is 0. The second-order valence-corrected chi connectivity index (χ2v) is 8.57. The molecule has 0 aliphatic heterocycles. The number of aryl methyl sites for hydroxylation is 1. The molecule has 0 amide bonds. The van der Waals surface area contributed by atoms with E-state index >= 15 is 8.78 Å². The first-order valence-corrected chi connectivity index (χ1v) is 10.9. The molecule has 0 spiro atoms. The van der Waals surface area contributed by atoms with Gasteiger partial charge in [0.05, 0.1) is 25.3 Å². The van der Waals surface area contributed by atoms with Gasteiger partial charge in [0.25, 0.3) is 0 Å². The number of halogens is 2. The van der Waals surface area contributed by atoms with Crippen LogP contribution in [0, 0.1) is 6.92 Å². The predicted octanol–water partition coefficient (Wildman–Crippen LogP) is 5.01. The van der Waals surface area contributed by atoms with Crippen LogP contribution in [0.3, 0.4) is 0 Å². The maximum atomic E-state index is 15.1. The van der Waals surface area contributed by atoms with Gasteiger partial charge in [-0.25, -0.2) is 9.97 Å². The summed E-state index contributed by atoms with van der Waals surface area (Å²) in [4.78, 5) is 9.01. The van der Waals surface area contributed by atoms with Crippen LogP contribution in [-0.2, 0) is 10.7 Å². The van der Waals surface area contributed by atoms with E-state index in [1.807, 2.05) is 0 Å². The molecule has 7 nitrogen and oxygen atoms in total. The van der Waals surface area contributed by atoms with Crippen molar-refractivity contribution in [2.45, 2.75) is 45.3 Å². The first-order valence-electron chi connectivity index (χ1n) is 10.9. The number of benzene rings is 2. The minimum absolute atomic E-state index is 0.247. The van der Waals surface area contributed by atoms with Crippen molar-refractivity contribution in [1.82, 2.24) is 9.97 Å². The number of anilines is 1. The van der Waals surface area contributed by atoms with Crippen LogP contribution in [0.2, 0.25) is 0 Å². The Hall–Kier alpha value is -3.04. The molecule has 0 aliphatic rings. The number of ether oxygens (including phenoxy) is 3. The van der Waals surface area contributed by atoms with Crippen LogP contribution in [0.4, 0.5) is 14.6 Å². The molecule has 0 bridgehead atoms. The van der Waals surface area contributed by atoms with E-state index in [4.69, 9.17) is 14.2 Å². The van der Waals surface area contributed by atoms with Crippen molar-refractivity contribution in [2.24, 2.45) is 0 Å². The lowest BCUT2D eigenvalue weighted by atomic mass is 9.88. The molecule has 0 saturated carbocycles. The third kappa shape index (κ3) is 5.20. The summed E-state index contributed by atoms with van der Waals surface area (Å²) in [6.45, 7) is 6.44. The minimum Gasteiger partial charge on any atom is -0.493 e. The van der Waals surface area contributed by atoms with Gasteiger partial charge < -0.3 is 24.6 Å². The summed E-state index contributed by atoms with van der Waals surface area (Å²) < 4.78 is 46.4. The third-order valence-corrected chi connectivity index (χ3v) is 5.53. The zero-order chi connectivity index (χ0) is 25.1. The third-order valence-electron chi connectivity index (χ3n) is 5.53. The lowest BCUT2D eigenvalue weighted by Gasteiger charge is -2.32. The smallest absolute Gasteiger partial charge is 0.301 e. The van der Waals surface area contributed by atoms with E-state index in [1.54, 1.807) is 52.3 Å². The van der Waals surface area contributed by atoms with Crippen molar-refractivity contribution in [2.75, 3.05) is 32.8 Å². The molecule has 0 aliphatic carbocycles. The number of nitrogens with zero attached hydrogens (tertiary/aromatic N) is 2. The molecule has 1 heterocycles. The monoisotopic (exact) mass is 475 g/mol. The lowest BCUT2D eigenvalue weighted by molar-refractivity contribution is -0.169. The Morgan fingerprint density at radius 3 is 2.41 bits per heavy atom. The van der Waals surface area contributed by atoms with Crippen molar-refractivity contribution < 1.29 is 28.1 Å². The van der Waals surface area contributed by atoms with Crippen molar-refractivity contribution in [3.05, 3.63) is 53.3 Å². The van der Waals surface area contributed by atoms with Crippen LogP contribution in [0.15, 0.2) is 36.4 Å². The summed E-state index contributed by atoms with van der Waals surface area (Å²) in [5.41, 5.74) is -1.51. The van der Waals surface area contributed by atoms with Gasteiger partial charge in [0.15, 0.2) is 11.5 Å². The molecule has 1 aromatic heterocycles. The molecular weight excluding hydrogens is 444 g/mol. The number of rotatable bonds is 10. The van der Waals surface area contributed by atoms with Crippen LogP contribution in [-0.4, -0.2) is 48.1 Å². The lowest BCUT2D eigenvalue weighted by Crippen LogP contribution is -2.41. The Balaban J connectivity index is 2.05. The van der Waals surface area contributed by atoms with Crippen molar-refractivity contribution in [3.63, 3.8) is 0 Å². The number of methoxy groups -OCH3 is 2. The average Bonchev–Trinajstić information content (AvgIpc) is 2.78. The molecule has 1 atom stereocenters. The van der Waals surface area contributed by atoms with Gasteiger partial charge in [-0.3, -0.25) is 0 Å². The molecular formula is C25H31F2N3O4. The zero-order valence-corrected chi connectivity index (χ0v) is 20.3. The fraction of sp³-hybridized carbons (Fsp3) is 0.440. The number of nitrogens with one attached hydrogen (secondary N) is 1. The van der Waals surface area contributed by atoms with Gasteiger partial charge in [0.2, 0.25) is 0 Å². The van der Waals surface area contributed by atoms with Crippen LogP contribution < -0.4 is 14.8 Å². The van der Waals surface area contributed by atoms with Gasteiger partial charge in [-0.05, 0) is 39.3 Å². The number of aromatic nitrogens is 2. The van der Waals surface area contributed by atoms with E-state index in [0.29, 0.717) is 52.8 Å². The second kappa shape index (κ2) is 10.1. The van der Waals surface area contributed by atoms with E-state index in [0.717, 1.165) is 13.8 Å². The molecule has 0 radical (unpaired) electrons. The molecule has 2 aromatic carbocycles. The molecule has 184 valence electrons. The van der Waals surface area contributed by atoms with Crippen LogP contribution in [0.5, 0.6) is 11.5 Å². The van der Waals surface area contributed by atoms with Crippen molar-refractivity contribution in [1.29, 1.82) is 0 Å². The van der Waals surface area contributed by atoms with Crippen molar-refractivity contribution in [3.8, 4) is 11.5 Å². The van der Waals surface area contributed by atoms with Gasteiger partial charge in [0, 0.05) is 24.1 Å². The Kier molecular flexibility index (Phi) is 7.57. The highest BCUT2D eigenvalue weighted by molar-refractivity contribution is 5.92. The maximum Gasteiger partial charge on any atom is 0.301 e. The fourth-order valence-corrected chi connectivity index (χ4v) is 3.64. The quantitative estimate of drug-likeness (QED) is 0.399. The molecule has 0 fully saturated rings. The number of alkyl halides is 2. The zero-order valence-electron chi connectivity index (χ0n) is 20.3. The minimum atomic E-state index is -3.46. The Morgan fingerprint density at radius 1 is 1.06 bits per heavy atom. The van der Waals surface area contributed by atoms with Crippen LogP contribution >= 0.6 is 0 Å². The normalized spacial score (nSPS) is 13.1. The summed E-state index contributed by atoms with van der Waals surface area (Å²) in [7, 11) is 3.12. The maximum absolute atomic E-state index is 15.1. The highest BCUT2D eigenvalue weighted by Gasteiger charge is 2.48. The largest absolute Gasteiger partial charge is 0.493 e. The van der Waals surface area contributed by atoms with Gasteiger partial charge >= 0.3 is 5.92 Å². The fourth-order valence-electron chi connectivity index (χ4n) is 3.64. The van der Waals surface area contributed by atoms with E-state index in [9.17, 15) is 5.11 Å². The van der Waals surface area contributed by atoms with Crippen LogP contribution in [0.25, 0.3) is 10.9 Å². The SMILES string of the molecule is COCCOc1cc2c(N[C@H](C)c3ccccc3C(F)(F)C(C)(C)O)nc(C)nc2cc1OC. The molecule has 9 heteroatoms. The second-order valence-electron chi connectivity index (χ2n) is 8.57. The Bertz CT molecular complexity index is 1150. The van der Waals surface area contributed by atoms with Crippen LogP contribution in [0.1, 0.15) is 43.8 Å². The molecule has 0 unspecified atom stereocenters. The number of hydrogen-bond acceptors (Lipinski definition) is 7. The van der Waals surface area contributed by atoms with E-state index in [-0.39, 0.29) is 5.56 Å². The standard InChI is InChI=1S/C25H31F2N3O4/c1-15(17-9-7-8-10-19(17)25(26,27)24(3,4)31)28-23-18-13-22(34-12-11-32-5)21(33-6)14-20(18)29-16(2)30-23/h7-10,13-15,31H,11-12H2,1-6H3,(H,28,29,30)/t15-/m1/s1. The number of fused-ring (bicyclic) bond motifs is 1. The molecule has 3 aromatic rings. The van der Waals surface area contributed by atoms with E-state index < -0.39 is 17.6 Å². The predicted molar refractivity (Wildman–Crippen MR) is 127 cm³/mol. The highest BCUT2D eigenvalue weighted by Crippen LogP contribution is 2.42. The molecule has 0 saturated heterocycles. The first-order chi connectivity index (χ1) is 16.0. The van der Waals surface area contributed by atoms with Gasteiger partial charge in [-0.1, -0.05) is 24.3 Å². The Labute approximate surface area is 198 Å². The van der Waals surface area contributed by atoms with E-state index in [2.05, 4.69) is 15.3 Å².